The van der Waals surface area contributed by atoms with Crippen molar-refractivity contribution in [1.82, 2.24) is 19.9 Å². The van der Waals surface area contributed by atoms with Crippen LogP contribution >= 0.6 is 11.8 Å². The van der Waals surface area contributed by atoms with Gasteiger partial charge in [-0.05, 0) is 60.7 Å². The quantitative estimate of drug-likeness (QED) is 0.470. The van der Waals surface area contributed by atoms with Crippen molar-refractivity contribution in [3.63, 3.8) is 0 Å². The first-order valence-electron chi connectivity index (χ1n) is 11.6. The summed E-state index contributed by atoms with van der Waals surface area (Å²) in [6, 6.07) is 20.5. The molecule has 0 unspecified atom stereocenters. The molecule has 0 bridgehead atoms. The number of pyridine rings is 1. The number of anilines is 1. The Hall–Kier alpha value is -3.29. The van der Waals surface area contributed by atoms with Gasteiger partial charge in [0.05, 0.1) is 22.1 Å². The van der Waals surface area contributed by atoms with Crippen molar-refractivity contribution < 1.29 is 4.79 Å². The number of hydrogen-bond donors (Lipinski definition) is 1. The van der Waals surface area contributed by atoms with Crippen LogP contribution in [0.15, 0.2) is 84.3 Å². The van der Waals surface area contributed by atoms with Crippen LogP contribution in [0, 0.1) is 0 Å². The van der Waals surface area contributed by atoms with Gasteiger partial charge in [-0.25, -0.2) is 4.98 Å². The lowest BCUT2D eigenvalue weighted by Gasteiger charge is -2.29. The molecule has 3 heterocycles. The molecule has 6 nitrogen and oxygen atoms in total. The summed E-state index contributed by atoms with van der Waals surface area (Å²) >= 11 is 1.78. The van der Waals surface area contributed by atoms with Crippen LogP contribution in [-0.4, -0.2) is 49.6 Å². The summed E-state index contributed by atoms with van der Waals surface area (Å²) in [6.07, 6.45) is 7.96. The lowest BCUT2D eigenvalue weighted by atomic mass is 10.1. The smallest absolute Gasteiger partial charge is 0.241 e. The Morgan fingerprint density at radius 2 is 1.65 bits per heavy atom. The molecule has 1 N–H and O–H groups in total. The minimum atomic E-state index is -0.182. The Balaban J connectivity index is 1.23. The van der Waals surface area contributed by atoms with Gasteiger partial charge in [-0.3, -0.25) is 19.7 Å². The molecule has 170 valence electrons. The zero-order valence-electron chi connectivity index (χ0n) is 18.7. The van der Waals surface area contributed by atoms with Gasteiger partial charge in [0.25, 0.3) is 0 Å². The van der Waals surface area contributed by atoms with Crippen molar-refractivity contribution in [3.05, 3.63) is 90.4 Å². The highest BCUT2D eigenvalue weighted by Gasteiger charge is 2.42. The van der Waals surface area contributed by atoms with Crippen molar-refractivity contribution >= 4 is 34.4 Å². The number of nitrogens with one attached hydrogen (secondary N) is 1. The van der Waals surface area contributed by atoms with E-state index in [1.807, 2.05) is 42.6 Å². The van der Waals surface area contributed by atoms with Crippen LogP contribution in [0.1, 0.15) is 17.5 Å². The van der Waals surface area contributed by atoms with Crippen LogP contribution in [0.3, 0.4) is 0 Å². The molecule has 1 aliphatic heterocycles. The zero-order chi connectivity index (χ0) is 22.9. The van der Waals surface area contributed by atoms with Gasteiger partial charge in [-0.2, -0.15) is 0 Å². The lowest BCUT2D eigenvalue weighted by molar-refractivity contribution is -0.121. The topological polar surface area (TPSA) is 71.0 Å². The maximum atomic E-state index is 13.6. The molecular weight excluding hydrogens is 442 g/mol. The van der Waals surface area contributed by atoms with Gasteiger partial charge >= 0.3 is 0 Å². The van der Waals surface area contributed by atoms with E-state index in [9.17, 15) is 4.79 Å². The second-order valence-electron chi connectivity index (χ2n) is 8.94. The number of carbonyl (C=O) groups is 1. The molecule has 7 heteroatoms. The fraction of sp³-hybridized carbons (Fsp3) is 0.259. The molecule has 2 aromatic carbocycles. The number of fused-ring (bicyclic) bond motifs is 2. The first-order chi connectivity index (χ1) is 16.7. The van der Waals surface area contributed by atoms with Crippen molar-refractivity contribution in [3.8, 4) is 0 Å². The van der Waals surface area contributed by atoms with Crippen molar-refractivity contribution in [2.75, 3.05) is 11.9 Å². The van der Waals surface area contributed by atoms with E-state index in [0.29, 0.717) is 11.3 Å². The summed E-state index contributed by atoms with van der Waals surface area (Å²) in [4.78, 5) is 29.2. The third-order valence-electron chi connectivity index (χ3n) is 6.76. The van der Waals surface area contributed by atoms with Gasteiger partial charge in [0.1, 0.15) is 0 Å². The van der Waals surface area contributed by atoms with E-state index in [2.05, 4.69) is 49.4 Å². The maximum absolute atomic E-state index is 13.6. The van der Waals surface area contributed by atoms with Gasteiger partial charge in [-0.1, -0.05) is 30.3 Å². The summed E-state index contributed by atoms with van der Waals surface area (Å²) in [7, 11) is 0. The predicted octanol–water partition coefficient (Wildman–Crippen LogP) is 4.37. The van der Waals surface area contributed by atoms with Crippen LogP contribution in [0.2, 0.25) is 0 Å². The Bertz CT molecular complexity index is 1310. The van der Waals surface area contributed by atoms with E-state index >= 15 is 0 Å². The van der Waals surface area contributed by atoms with Crippen LogP contribution in [-0.2, 0) is 17.6 Å². The molecule has 4 aromatic rings. The fourth-order valence-corrected chi connectivity index (χ4v) is 6.34. The number of carbonyl (C=O) groups excluding carboxylic acids is 1. The van der Waals surface area contributed by atoms with Crippen molar-refractivity contribution in [2.24, 2.45) is 0 Å². The lowest BCUT2D eigenvalue weighted by Crippen LogP contribution is -2.46. The first kappa shape index (κ1) is 21.3. The van der Waals surface area contributed by atoms with E-state index in [-0.39, 0.29) is 11.9 Å². The summed E-state index contributed by atoms with van der Waals surface area (Å²) < 4.78 is 0. The molecule has 0 saturated carbocycles. The minimum absolute atomic E-state index is 0.0447. The highest BCUT2D eigenvalue weighted by atomic mass is 32.2. The number of hydrogen-bond acceptors (Lipinski definition) is 6. The second kappa shape index (κ2) is 9.16. The monoisotopic (exact) mass is 467 g/mol. The summed E-state index contributed by atoms with van der Waals surface area (Å²) in [5.74, 6) is 0.0447. The number of thioether (sulfide) groups is 1. The minimum Gasteiger partial charge on any atom is -0.325 e. The largest absolute Gasteiger partial charge is 0.325 e. The number of likely N-dealkylation sites (tertiary alicyclic amines) is 1. The first-order valence-corrected chi connectivity index (χ1v) is 12.5. The molecule has 1 saturated heterocycles. The number of rotatable bonds is 5. The number of benzene rings is 2. The van der Waals surface area contributed by atoms with Gasteiger partial charge in [-0.15, -0.1) is 11.8 Å². The molecule has 2 atom stereocenters. The molecular formula is C27H25N5OS. The van der Waals surface area contributed by atoms with Crippen LogP contribution in [0.25, 0.3) is 11.0 Å². The third-order valence-corrected chi connectivity index (χ3v) is 7.92. The van der Waals surface area contributed by atoms with Gasteiger partial charge in [0.2, 0.25) is 5.91 Å². The van der Waals surface area contributed by atoms with E-state index in [4.69, 9.17) is 0 Å². The van der Waals surface area contributed by atoms with Gasteiger partial charge in [0, 0.05) is 42.1 Å². The average molecular weight is 468 g/mol. The Labute approximate surface area is 202 Å². The molecule has 2 aromatic heterocycles. The van der Waals surface area contributed by atoms with E-state index in [1.165, 1.54) is 11.1 Å². The predicted molar refractivity (Wildman–Crippen MR) is 135 cm³/mol. The SMILES string of the molecule is O=C(Nc1ccc2nccnc2c1)[C@@H]1C[C@@H](Sc2ccccn2)CN1C1Cc2ccccc2C1. The molecule has 2 aliphatic rings. The zero-order valence-corrected chi connectivity index (χ0v) is 19.5. The Kier molecular flexibility index (Phi) is 5.73. The van der Waals surface area contributed by atoms with Crippen molar-refractivity contribution in [2.45, 2.75) is 41.6 Å². The van der Waals surface area contributed by atoms with Crippen molar-refractivity contribution in [1.29, 1.82) is 0 Å². The van der Waals surface area contributed by atoms with Crippen LogP contribution in [0.4, 0.5) is 5.69 Å². The highest BCUT2D eigenvalue weighted by molar-refractivity contribution is 7.99. The molecule has 6 rings (SSSR count). The standard InChI is InChI=1S/C27H25N5OS/c33-27(31-20-8-9-23-24(15-20)29-12-11-28-23)25-16-22(34-26-7-3-4-10-30-26)17-32(25)21-13-18-5-1-2-6-19(18)14-21/h1-12,15,21-22,25H,13-14,16-17H2,(H,31,33)/t22-,25+/m1/s1. The molecule has 0 radical (unpaired) electrons. The van der Waals surface area contributed by atoms with Gasteiger partial charge < -0.3 is 5.32 Å². The van der Waals surface area contributed by atoms with E-state index < -0.39 is 0 Å². The normalized spacial score (nSPS) is 20.5. The summed E-state index contributed by atoms with van der Waals surface area (Å²) in [6.45, 7) is 0.876. The Morgan fingerprint density at radius 3 is 2.41 bits per heavy atom. The number of nitrogens with zero attached hydrogens (tertiary/aromatic N) is 4. The van der Waals surface area contributed by atoms with E-state index in [0.717, 1.165) is 47.6 Å². The maximum Gasteiger partial charge on any atom is 0.241 e. The molecule has 1 fully saturated rings. The van der Waals surface area contributed by atoms with Gasteiger partial charge in [0.15, 0.2) is 0 Å². The molecule has 34 heavy (non-hydrogen) atoms. The molecule has 1 aliphatic carbocycles. The summed E-state index contributed by atoms with van der Waals surface area (Å²) in [5.41, 5.74) is 5.16. The third kappa shape index (κ3) is 4.29. The highest BCUT2D eigenvalue weighted by Crippen LogP contribution is 2.37. The van der Waals surface area contributed by atoms with E-state index in [1.54, 1.807) is 24.2 Å². The Morgan fingerprint density at radius 1 is 0.882 bits per heavy atom. The average Bonchev–Trinajstić information content (AvgIpc) is 3.49. The molecule has 0 spiro atoms. The second-order valence-corrected chi connectivity index (χ2v) is 10.3. The fourth-order valence-electron chi connectivity index (χ4n) is 5.19. The van der Waals surface area contributed by atoms with Crippen LogP contribution in [0.5, 0.6) is 0 Å². The van der Waals surface area contributed by atoms with Crippen LogP contribution < -0.4 is 5.32 Å². The number of amides is 1. The molecule has 1 amide bonds. The number of aromatic nitrogens is 3. The summed E-state index contributed by atoms with van der Waals surface area (Å²) in [5, 5.41) is 4.49.